The Balaban J connectivity index is 3.62. The number of rotatable bonds is 13. The Bertz CT molecular complexity index is 285. The number of alkyl halides is 4. The van der Waals surface area contributed by atoms with Crippen LogP contribution in [0.1, 0.15) is 51.4 Å². The van der Waals surface area contributed by atoms with Gasteiger partial charge in [0.25, 0.3) is 0 Å². The van der Waals surface area contributed by atoms with E-state index >= 15 is 0 Å². The van der Waals surface area contributed by atoms with Gasteiger partial charge >= 0.3 is 11.9 Å². The van der Waals surface area contributed by atoms with Crippen LogP contribution in [0.2, 0.25) is 0 Å². The maximum absolute atomic E-state index is 11.5. The molecule has 0 aliphatic carbocycles. The summed E-state index contributed by atoms with van der Waals surface area (Å²) in [6.07, 6.45) is 3.94. The quantitative estimate of drug-likeness (QED) is 0.255. The number of hydrogen-bond donors (Lipinski definition) is 0. The largest absolute Gasteiger partial charge is 0.446 e. The van der Waals surface area contributed by atoms with E-state index < -0.39 is 11.1 Å². The van der Waals surface area contributed by atoms with Gasteiger partial charge in [-0.05, 0) is 38.5 Å². The number of unbranched alkanes of at least 4 members (excludes halogenated alkanes) is 1. The number of esters is 2. The van der Waals surface area contributed by atoms with E-state index in [9.17, 15) is 9.59 Å². The van der Waals surface area contributed by atoms with Gasteiger partial charge in [-0.3, -0.25) is 9.59 Å². The van der Waals surface area contributed by atoms with Gasteiger partial charge in [-0.2, -0.15) is 0 Å². The van der Waals surface area contributed by atoms with Crippen molar-refractivity contribution in [2.75, 3.05) is 11.8 Å². The number of ether oxygens (including phenoxy) is 2. The van der Waals surface area contributed by atoms with Gasteiger partial charge in [0.05, 0.1) is 0 Å². The first-order valence-electron chi connectivity index (χ1n) is 7.28. The fourth-order valence-electron chi connectivity index (χ4n) is 1.53. The van der Waals surface area contributed by atoms with Crippen LogP contribution in [0.3, 0.4) is 0 Å². The highest BCUT2D eigenvalue weighted by Crippen LogP contribution is 2.13. The van der Waals surface area contributed by atoms with Gasteiger partial charge in [-0.1, -0.05) is 23.2 Å². The molecule has 8 heteroatoms. The van der Waals surface area contributed by atoms with Gasteiger partial charge in [0, 0.05) is 24.6 Å². The first-order chi connectivity index (χ1) is 10.5. The zero-order valence-corrected chi connectivity index (χ0v) is 15.4. The van der Waals surface area contributed by atoms with Crippen molar-refractivity contribution in [2.45, 2.75) is 62.5 Å². The third-order valence-corrected chi connectivity index (χ3v) is 3.81. The molecule has 0 spiro atoms. The highest BCUT2D eigenvalue weighted by molar-refractivity contribution is 6.20. The van der Waals surface area contributed by atoms with E-state index in [0.29, 0.717) is 50.3 Å². The summed E-state index contributed by atoms with van der Waals surface area (Å²) < 4.78 is 9.97. The van der Waals surface area contributed by atoms with Gasteiger partial charge in [-0.15, -0.1) is 23.2 Å². The lowest BCUT2D eigenvalue weighted by atomic mass is 10.2. The molecule has 0 aliphatic rings. The second kappa shape index (κ2) is 14.7. The summed E-state index contributed by atoms with van der Waals surface area (Å²) >= 11 is 22.7. The van der Waals surface area contributed by atoms with E-state index in [1.54, 1.807) is 0 Å². The predicted octanol–water partition coefficient (Wildman–Crippen LogP) is 4.80. The lowest BCUT2D eigenvalue weighted by Gasteiger charge is -2.11. The van der Waals surface area contributed by atoms with Crippen molar-refractivity contribution in [3.8, 4) is 0 Å². The third-order valence-electron chi connectivity index (χ3n) is 2.66. The molecule has 0 bridgehead atoms. The molecule has 2 atom stereocenters. The molecule has 4 nitrogen and oxygen atoms in total. The maximum atomic E-state index is 11.5. The van der Waals surface area contributed by atoms with Crippen LogP contribution in [0.25, 0.3) is 0 Å². The van der Waals surface area contributed by atoms with Crippen molar-refractivity contribution in [3.63, 3.8) is 0 Å². The molecular weight excluding hydrogens is 374 g/mol. The van der Waals surface area contributed by atoms with E-state index in [4.69, 9.17) is 55.9 Å². The molecule has 0 N–H and O–H groups in total. The summed E-state index contributed by atoms with van der Waals surface area (Å²) in [6.45, 7) is 0. The maximum Gasteiger partial charge on any atom is 0.307 e. The van der Waals surface area contributed by atoms with Crippen LogP contribution in [0.4, 0.5) is 0 Å². The number of hydrogen-bond acceptors (Lipinski definition) is 4. The van der Waals surface area contributed by atoms with Crippen molar-refractivity contribution in [2.24, 2.45) is 0 Å². The fourth-order valence-corrected chi connectivity index (χ4v) is 2.35. The number of halogens is 4. The third kappa shape index (κ3) is 13.7. The molecular formula is C14H22Cl4O4. The van der Waals surface area contributed by atoms with Crippen molar-refractivity contribution < 1.29 is 19.1 Å². The second-order valence-corrected chi connectivity index (χ2v) is 6.40. The number of carbonyl (C=O) groups excluding carboxylic acids is 2. The van der Waals surface area contributed by atoms with Gasteiger partial charge < -0.3 is 9.47 Å². The van der Waals surface area contributed by atoms with E-state index in [2.05, 4.69) is 0 Å². The Morgan fingerprint density at radius 2 is 1.09 bits per heavy atom. The summed E-state index contributed by atoms with van der Waals surface area (Å²) in [6, 6.07) is 0. The van der Waals surface area contributed by atoms with Crippen molar-refractivity contribution in [3.05, 3.63) is 0 Å². The summed E-state index contributed by atoms with van der Waals surface area (Å²) in [5, 5.41) is 0. The van der Waals surface area contributed by atoms with E-state index in [1.807, 2.05) is 0 Å². The summed E-state index contributed by atoms with van der Waals surface area (Å²) in [7, 11) is 0. The van der Waals surface area contributed by atoms with Crippen LogP contribution in [0, 0.1) is 0 Å². The lowest BCUT2D eigenvalue weighted by Crippen LogP contribution is -2.14. The molecule has 0 aromatic rings. The van der Waals surface area contributed by atoms with E-state index in [-0.39, 0.29) is 24.8 Å². The molecule has 0 fully saturated rings. The average molecular weight is 396 g/mol. The van der Waals surface area contributed by atoms with Gasteiger partial charge in [-0.25, -0.2) is 0 Å². The lowest BCUT2D eigenvalue weighted by molar-refractivity contribution is -0.148. The molecule has 0 aromatic carbocycles. The van der Waals surface area contributed by atoms with Gasteiger partial charge in [0.2, 0.25) is 0 Å². The Hall–Kier alpha value is 0.1000. The van der Waals surface area contributed by atoms with Crippen molar-refractivity contribution in [1.82, 2.24) is 0 Å². The molecule has 0 aliphatic heterocycles. The summed E-state index contributed by atoms with van der Waals surface area (Å²) in [5.74, 6) is 0.213. The minimum Gasteiger partial charge on any atom is -0.446 e. The Labute approximate surface area is 151 Å². The molecule has 0 radical (unpaired) electrons. The second-order valence-electron chi connectivity index (χ2n) is 4.67. The molecule has 130 valence electrons. The highest BCUT2D eigenvalue weighted by atomic mass is 35.5. The molecule has 2 unspecified atom stereocenters. The topological polar surface area (TPSA) is 52.6 Å². The molecule has 0 aromatic heterocycles. The molecule has 0 heterocycles. The first-order valence-corrected chi connectivity index (χ1v) is 9.22. The average Bonchev–Trinajstić information content (AvgIpc) is 2.47. The fraction of sp³-hybridized carbons (Fsp3) is 0.857. The van der Waals surface area contributed by atoms with Crippen LogP contribution < -0.4 is 0 Å². The summed E-state index contributed by atoms with van der Waals surface area (Å²) in [5.41, 5.74) is -1.29. The van der Waals surface area contributed by atoms with Crippen molar-refractivity contribution in [1.29, 1.82) is 0 Å². The Morgan fingerprint density at radius 3 is 1.41 bits per heavy atom. The van der Waals surface area contributed by atoms with Crippen molar-refractivity contribution >= 4 is 58.3 Å². The van der Waals surface area contributed by atoms with Crippen LogP contribution in [-0.2, 0) is 19.1 Å². The Kier molecular flexibility index (Phi) is 14.7. The smallest absolute Gasteiger partial charge is 0.307 e. The van der Waals surface area contributed by atoms with Gasteiger partial charge in [0.1, 0.15) is 0 Å². The zero-order valence-electron chi connectivity index (χ0n) is 12.4. The van der Waals surface area contributed by atoms with Crippen LogP contribution in [-0.4, -0.2) is 34.8 Å². The minimum absolute atomic E-state index is 0.216. The number of carbonyl (C=O) groups is 2. The van der Waals surface area contributed by atoms with Crippen LogP contribution in [0.15, 0.2) is 0 Å². The highest BCUT2D eigenvalue weighted by Gasteiger charge is 2.13. The standard InChI is InChI=1S/C14H22Cl4O4/c15-9-3-5-11(17)21-13(19)7-1-2-8-14(20)22-12(18)6-4-10-16/h11-12H,1-10H2. The monoisotopic (exact) mass is 394 g/mol. The molecule has 0 saturated heterocycles. The first kappa shape index (κ1) is 22.1. The SMILES string of the molecule is O=C(CCCCC(=O)OC(Cl)CCCCl)OC(Cl)CCCCl. The molecule has 0 rings (SSSR count). The molecule has 0 saturated carbocycles. The summed E-state index contributed by atoms with van der Waals surface area (Å²) in [4.78, 5) is 22.9. The van der Waals surface area contributed by atoms with Crippen LogP contribution in [0.5, 0.6) is 0 Å². The molecule has 0 amide bonds. The predicted molar refractivity (Wildman–Crippen MR) is 89.8 cm³/mol. The van der Waals surface area contributed by atoms with E-state index in [1.165, 1.54) is 0 Å². The normalized spacial score (nSPS) is 13.5. The Morgan fingerprint density at radius 1 is 0.727 bits per heavy atom. The van der Waals surface area contributed by atoms with E-state index in [0.717, 1.165) is 0 Å². The minimum atomic E-state index is -0.643. The zero-order chi connectivity index (χ0) is 16.8. The van der Waals surface area contributed by atoms with Crippen LogP contribution >= 0.6 is 46.4 Å². The van der Waals surface area contributed by atoms with Gasteiger partial charge in [0.15, 0.2) is 11.1 Å². The molecule has 22 heavy (non-hydrogen) atoms.